The quantitative estimate of drug-likeness (QED) is 0.821. The Morgan fingerprint density at radius 2 is 1.72 bits per heavy atom. The van der Waals surface area contributed by atoms with Crippen LogP contribution in [0.15, 0.2) is 41.2 Å². The van der Waals surface area contributed by atoms with Crippen molar-refractivity contribution in [1.82, 2.24) is 4.98 Å². The van der Waals surface area contributed by atoms with Crippen LogP contribution in [0.3, 0.4) is 0 Å². The molecule has 0 aliphatic rings. The van der Waals surface area contributed by atoms with Gasteiger partial charge < -0.3 is 10.7 Å². The van der Waals surface area contributed by atoms with E-state index in [0.717, 1.165) is 6.07 Å². The van der Waals surface area contributed by atoms with Gasteiger partial charge in [-0.1, -0.05) is 18.2 Å². The topological polar surface area (TPSA) is 58.9 Å². The van der Waals surface area contributed by atoms with Crippen molar-refractivity contribution in [2.24, 2.45) is 0 Å². The maximum absolute atomic E-state index is 12.8. The lowest BCUT2D eigenvalue weighted by Gasteiger charge is -2.12. The number of nitrogens with two attached hydrogens (primary N) is 1. The van der Waals surface area contributed by atoms with Crippen LogP contribution in [0, 0.1) is 0 Å². The third-order valence-electron chi connectivity index (χ3n) is 2.46. The highest BCUT2D eigenvalue weighted by Crippen LogP contribution is 2.35. The van der Waals surface area contributed by atoms with Crippen molar-refractivity contribution in [2.45, 2.75) is 6.18 Å². The van der Waals surface area contributed by atoms with Crippen LogP contribution in [0.2, 0.25) is 0 Å². The Bertz CT molecular complexity index is 632. The fraction of sp³-hybridized carbons (Fsp3) is 0.0833. The van der Waals surface area contributed by atoms with E-state index in [4.69, 9.17) is 5.73 Å². The van der Waals surface area contributed by atoms with Gasteiger partial charge in [0, 0.05) is 11.3 Å². The summed E-state index contributed by atoms with van der Waals surface area (Å²) in [5.41, 5.74) is 3.88. The first-order valence-electron chi connectivity index (χ1n) is 5.05. The monoisotopic (exact) mass is 254 g/mol. The lowest BCUT2D eigenvalue weighted by Crippen LogP contribution is -2.13. The van der Waals surface area contributed by atoms with Crippen LogP contribution in [0.4, 0.5) is 18.9 Å². The van der Waals surface area contributed by atoms with Crippen LogP contribution in [-0.2, 0) is 6.18 Å². The maximum Gasteiger partial charge on any atom is 0.417 e. The standard InChI is InChI=1S/C12H9F3N2O/c13-12(14,15)8-4-2-1-3-7(8)10-6-5-9(16)11(18)17-10/h1-6H,16H2,(H,17,18). The first-order valence-corrected chi connectivity index (χ1v) is 5.05. The van der Waals surface area contributed by atoms with Gasteiger partial charge in [0.1, 0.15) is 0 Å². The highest BCUT2D eigenvalue weighted by Gasteiger charge is 2.33. The van der Waals surface area contributed by atoms with E-state index < -0.39 is 17.3 Å². The summed E-state index contributed by atoms with van der Waals surface area (Å²) in [6, 6.07) is 7.65. The second-order valence-electron chi connectivity index (χ2n) is 3.70. The molecule has 1 aromatic carbocycles. The lowest BCUT2D eigenvalue weighted by atomic mass is 10.0. The Morgan fingerprint density at radius 3 is 2.33 bits per heavy atom. The third-order valence-corrected chi connectivity index (χ3v) is 2.46. The summed E-state index contributed by atoms with van der Waals surface area (Å²) in [4.78, 5) is 13.6. The van der Waals surface area contributed by atoms with Crippen molar-refractivity contribution in [1.29, 1.82) is 0 Å². The number of rotatable bonds is 1. The molecule has 0 fully saturated rings. The molecule has 0 amide bonds. The Labute approximate surface area is 100 Å². The van der Waals surface area contributed by atoms with E-state index in [2.05, 4.69) is 4.98 Å². The van der Waals surface area contributed by atoms with Gasteiger partial charge in [0.25, 0.3) is 5.56 Å². The van der Waals surface area contributed by atoms with Crippen LogP contribution in [0.25, 0.3) is 11.3 Å². The van der Waals surface area contributed by atoms with E-state index in [1.165, 1.54) is 30.3 Å². The van der Waals surface area contributed by atoms with E-state index in [0.29, 0.717) is 0 Å². The van der Waals surface area contributed by atoms with Gasteiger partial charge in [-0.05, 0) is 18.2 Å². The molecule has 0 saturated heterocycles. The number of aromatic nitrogens is 1. The molecule has 1 heterocycles. The van der Waals surface area contributed by atoms with Crippen molar-refractivity contribution in [3.63, 3.8) is 0 Å². The predicted octanol–water partition coefficient (Wildman–Crippen LogP) is 2.64. The van der Waals surface area contributed by atoms with Crippen molar-refractivity contribution < 1.29 is 13.2 Å². The smallest absolute Gasteiger partial charge is 0.394 e. The van der Waals surface area contributed by atoms with Crippen LogP contribution < -0.4 is 11.3 Å². The molecule has 0 unspecified atom stereocenters. The Hall–Kier alpha value is -2.24. The summed E-state index contributed by atoms with van der Waals surface area (Å²) in [6.07, 6.45) is -4.48. The number of benzene rings is 1. The molecule has 2 rings (SSSR count). The minimum atomic E-state index is -4.48. The fourth-order valence-electron chi connectivity index (χ4n) is 1.61. The zero-order valence-electron chi connectivity index (χ0n) is 9.08. The summed E-state index contributed by atoms with van der Waals surface area (Å²) < 4.78 is 38.4. The zero-order chi connectivity index (χ0) is 13.3. The van der Waals surface area contributed by atoms with Gasteiger partial charge in [0.15, 0.2) is 0 Å². The summed E-state index contributed by atoms with van der Waals surface area (Å²) >= 11 is 0. The highest BCUT2D eigenvalue weighted by atomic mass is 19.4. The van der Waals surface area contributed by atoms with Crippen LogP contribution in [0.5, 0.6) is 0 Å². The van der Waals surface area contributed by atoms with E-state index in [-0.39, 0.29) is 16.9 Å². The number of nitrogens with one attached hydrogen (secondary N) is 1. The fourth-order valence-corrected chi connectivity index (χ4v) is 1.61. The average Bonchev–Trinajstić information content (AvgIpc) is 2.32. The van der Waals surface area contributed by atoms with Gasteiger partial charge in [-0.15, -0.1) is 0 Å². The van der Waals surface area contributed by atoms with Gasteiger partial charge in [0.05, 0.1) is 11.3 Å². The predicted molar refractivity (Wildman–Crippen MR) is 61.9 cm³/mol. The van der Waals surface area contributed by atoms with E-state index in [1.54, 1.807) is 0 Å². The summed E-state index contributed by atoms with van der Waals surface area (Å²) in [6.45, 7) is 0. The Morgan fingerprint density at radius 1 is 1.06 bits per heavy atom. The number of anilines is 1. The van der Waals surface area contributed by atoms with Crippen molar-refractivity contribution >= 4 is 5.69 Å². The molecule has 0 saturated carbocycles. The molecule has 1 aromatic heterocycles. The van der Waals surface area contributed by atoms with E-state index in [9.17, 15) is 18.0 Å². The second-order valence-corrected chi connectivity index (χ2v) is 3.70. The molecular weight excluding hydrogens is 245 g/mol. The molecule has 0 spiro atoms. The molecule has 0 bridgehead atoms. The Kier molecular flexibility index (Phi) is 2.86. The molecule has 3 N–H and O–H groups in total. The lowest BCUT2D eigenvalue weighted by molar-refractivity contribution is -0.137. The second kappa shape index (κ2) is 4.21. The van der Waals surface area contributed by atoms with Gasteiger partial charge >= 0.3 is 6.18 Å². The van der Waals surface area contributed by atoms with E-state index in [1.807, 2.05) is 0 Å². The number of hydrogen-bond donors (Lipinski definition) is 2. The highest BCUT2D eigenvalue weighted by molar-refractivity contribution is 5.65. The van der Waals surface area contributed by atoms with Crippen LogP contribution in [-0.4, -0.2) is 4.98 Å². The minimum Gasteiger partial charge on any atom is -0.394 e. The normalized spacial score (nSPS) is 11.5. The summed E-state index contributed by atoms with van der Waals surface area (Å²) in [5, 5.41) is 0. The summed E-state index contributed by atoms with van der Waals surface area (Å²) in [5.74, 6) is 0. The van der Waals surface area contributed by atoms with Crippen molar-refractivity contribution in [2.75, 3.05) is 5.73 Å². The van der Waals surface area contributed by atoms with Crippen LogP contribution >= 0.6 is 0 Å². The molecule has 94 valence electrons. The molecular formula is C12H9F3N2O. The van der Waals surface area contributed by atoms with E-state index >= 15 is 0 Å². The number of halogens is 3. The van der Waals surface area contributed by atoms with Gasteiger partial charge in [0.2, 0.25) is 0 Å². The minimum absolute atomic E-state index is 0.0387. The number of pyridine rings is 1. The SMILES string of the molecule is Nc1ccc(-c2ccccc2C(F)(F)F)[nH]c1=O. The first-order chi connectivity index (χ1) is 8.39. The van der Waals surface area contributed by atoms with Gasteiger partial charge in [-0.25, -0.2) is 0 Å². The molecule has 0 aliphatic carbocycles. The van der Waals surface area contributed by atoms with Crippen molar-refractivity contribution in [3.05, 3.63) is 52.3 Å². The Balaban J connectivity index is 2.64. The average molecular weight is 254 g/mol. The number of H-pyrrole nitrogens is 1. The van der Waals surface area contributed by atoms with Crippen molar-refractivity contribution in [3.8, 4) is 11.3 Å². The van der Waals surface area contributed by atoms with Crippen LogP contribution in [0.1, 0.15) is 5.56 Å². The summed E-state index contributed by atoms with van der Waals surface area (Å²) in [7, 11) is 0. The molecule has 18 heavy (non-hydrogen) atoms. The number of aromatic amines is 1. The van der Waals surface area contributed by atoms with Gasteiger partial charge in [-0.2, -0.15) is 13.2 Å². The molecule has 0 atom stereocenters. The molecule has 0 radical (unpaired) electrons. The number of hydrogen-bond acceptors (Lipinski definition) is 2. The number of nitrogen functional groups attached to an aromatic ring is 1. The molecule has 3 nitrogen and oxygen atoms in total. The third kappa shape index (κ3) is 2.22. The van der Waals surface area contributed by atoms with Gasteiger partial charge in [-0.3, -0.25) is 4.79 Å². The zero-order valence-corrected chi connectivity index (χ0v) is 9.08. The number of alkyl halides is 3. The first kappa shape index (κ1) is 12.2. The molecule has 2 aromatic rings. The largest absolute Gasteiger partial charge is 0.417 e. The molecule has 0 aliphatic heterocycles. The maximum atomic E-state index is 12.8. The molecule has 6 heteroatoms.